The zero-order chi connectivity index (χ0) is 11.1. The number of thiazole rings is 1. The number of aromatic nitrogens is 4. The van der Waals surface area contributed by atoms with Crippen molar-refractivity contribution in [3.05, 3.63) is 28.1 Å². The average Bonchev–Trinajstić information content (AvgIpc) is 2.83. The summed E-state index contributed by atoms with van der Waals surface area (Å²) in [4.78, 5) is 9.75. The Morgan fingerprint density at radius 3 is 2.88 bits per heavy atom. The molecule has 80 valence electrons. The third-order valence-electron chi connectivity index (χ3n) is 2.02. The molecule has 3 rings (SSSR count). The van der Waals surface area contributed by atoms with Crippen molar-refractivity contribution in [3.63, 3.8) is 0 Å². The molecule has 0 atom stereocenters. The number of nitrogens with two attached hydrogens (primary N) is 1. The maximum Gasteiger partial charge on any atom is 0.212 e. The molecular formula is C9H6IN5S. The lowest BCUT2D eigenvalue weighted by Crippen LogP contribution is -1.94. The summed E-state index contributed by atoms with van der Waals surface area (Å²) in [6.07, 6.45) is 1.79. The number of hydrogen-bond acceptors (Lipinski definition) is 5. The molecule has 3 heterocycles. The van der Waals surface area contributed by atoms with Crippen molar-refractivity contribution in [2.24, 2.45) is 0 Å². The predicted molar refractivity (Wildman–Crippen MR) is 71.7 cm³/mol. The second-order valence-corrected chi connectivity index (χ2v) is 5.20. The highest BCUT2D eigenvalue weighted by Gasteiger charge is 2.07. The number of halogens is 1. The van der Waals surface area contributed by atoms with E-state index in [0.29, 0.717) is 5.82 Å². The molecule has 0 saturated heterocycles. The monoisotopic (exact) mass is 343 g/mol. The van der Waals surface area contributed by atoms with Crippen LogP contribution in [0.3, 0.4) is 0 Å². The van der Waals surface area contributed by atoms with Crippen LogP contribution in [0, 0.1) is 3.70 Å². The van der Waals surface area contributed by atoms with Gasteiger partial charge in [0.1, 0.15) is 19.9 Å². The van der Waals surface area contributed by atoms with Gasteiger partial charge in [-0.2, -0.15) is 0 Å². The number of pyridine rings is 1. The Bertz CT molecular complexity index is 659. The van der Waals surface area contributed by atoms with Gasteiger partial charge in [-0.25, -0.2) is 14.6 Å². The van der Waals surface area contributed by atoms with Gasteiger partial charge in [0.25, 0.3) is 0 Å². The van der Waals surface area contributed by atoms with E-state index in [4.69, 9.17) is 5.73 Å². The predicted octanol–water partition coefficient (Wildman–Crippen LogP) is 2.06. The fraction of sp³-hybridized carbons (Fsp3) is 0. The third-order valence-corrected chi connectivity index (χ3v) is 3.57. The van der Waals surface area contributed by atoms with Gasteiger partial charge in [0.15, 0.2) is 0 Å². The molecule has 0 amide bonds. The van der Waals surface area contributed by atoms with Crippen LogP contribution < -0.4 is 5.73 Å². The Labute approximate surface area is 108 Å². The minimum absolute atomic E-state index is 0.488. The Hall–Kier alpha value is -1.22. The Balaban J connectivity index is 2.18. The molecule has 0 radical (unpaired) electrons. The lowest BCUT2D eigenvalue weighted by Gasteiger charge is -1.90. The van der Waals surface area contributed by atoms with E-state index in [9.17, 15) is 0 Å². The van der Waals surface area contributed by atoms with Crippen LogP contribution in [0.4, 0.5) is 5.82 Å². The summed E-state index contributed by atoms with van der Waals surface area (Å²) in [6.45, 7) is 0. The SMILES string of the molecule is Nc1ccn(-c2nc3ccc(I)nc3s2)n1. The van der Waals surface area contributed by atoms with Crippen LogP contribution in [0.15, 0.2) is 24.4 Å². The first-order valence-electron chi connectivity index (χ1n) is 4.47. The average molecular weight is 343 g/mol. The quantitative estimate of drug-likeness (QED) is 0.542. The van der Waals surface area contributed by atoms with Crippen molar-refractivity contribution < 1.29 is 0 Å². The Morgan fingerprint density at radius 1 is 1.25 bits per heavy atom. The summed E-state index contributed by atoms with van der Waals surface area (Å²) < 4.78 is 2.62. The summed E-state index contributed by atoms with van der Waals surface area (Å²) in [6, 6.07) is 5.63. The van der Waals surface area contributed by atoms with E-state index in [-0.39, 0.29) is 0 Å². The molecule has 16 heavy (non-hydrogen) atoms. The standard InChI is InChI=1S/C9H6IN5S/c10-6-2-1-5-8(13-6)16-9(12-5)15-4-3-7(11)14-15/h1-4H,(H2,11,14). The molecule has 0 spiro atoms. The van der Waals surface area contributed by atoms with Gasteiger partial charge in [0, 0.05) is 12.3 Å². The molecule has 0 aliphatic carbocycles. The van der Waals surface area contributed by atoms with Gasteiger partial charge in [0.2, 0.25) is 5.13 Å². The van der Waals surface area contributed by atoms with Crippen LogP contribution in [0.25, 0.3) is 15.5 Å². The van der Waals surface area contributed by atoms with Crippen molar-refractivity contribution in [1.29, 1.82) is 0 Å². The van der Waals surface area contributed by atoms with Gasteiger partial charge in [-0.3, -0.25) is 0 Å². The summed E-state index contributed by atoms with van der Waals surface area (Å²) in [7, 11) is 0. The summed E-state index contributed by atoms with van der Waals surface area (Å²) in [5, 5.41) is 4.89. The van der Waals surface area contributed by atoms with Crippen molar-refractivity contribution in [2.75, 3.05) is 5.73 Å². The van der Waals surface area contributed by atoms with E-state index >= 15 is 0 Å². The van der Waals surface area contributed by atoms with Gasteiger partial charge < -0.3 is 5.73 Å². The summed E-state index contributed by atoms with van der Waals surface area (Å²) >= 11 is 3.68. The second kappa shape index (κ2) is 3.67. The highest BCUT2D eigenvalue weighted by Crippen LogP contribution is 2.23. The molecule has 0 saturated carbocycles. The van der Waals surface area contributed by atoms with E-state index in [2.05, 4.69) is 37.7 Å². The number of hydrogen-bond donors (Lipinski definition) is 1. The number of fused-ring (bicyclic) bond motifs is 1. The largest absolute Gasteiger partial charge is 0.382 e. The van der Waals surface area contributed by atoms with E-state index in [1.54, 1.807) is 16.9 Å². The van der Waals surface area contributed by atoms with Gasteiger partial charge in [-0.15, -0.1) is 5.10 Å². The first kappa shape index (κ1) is 9.97. The van der Waals surface area contributed by atoms with Crippen molar-refractivity contribution >= 4 is 50.1 Å². The zero-order valence-electron chi connectivity index (χ0n) is 7.96. The molecule has 3 aromatic heterocycles. The zero-order valence-corrected chi connectivity index (χ0v) is 10.9. The fourth-order valence-corrected chi connectivity index (χ4v) is 2.78. The number of nitrogens with zero attached hydrogens (tertiary/aromatic N) is 4. The molecule has 0 fully saturated rings. The van der Waals surface area contributed by atoms with Crippen LogP contribution in [0.5, 0.6) is 0 Å². The fourth-order valence-electron chi connectivity index (χ4n) is 1.33. The smallest absolute Gasteiger partial charge is 0.212 e. The van der Waals surface area contributed by atoms with Crippen LogP contribution in [-0.4, -0.2) is 19.7 Å². The first-order chi connectivity index (χ1) is 7.72. The van der Waals surface area contributed by atoms with Crippen LogP contribution in [0.1, 0.15) is 0 Å². The van der Waals surface area contributed by atoms with Crippen molar-refractivity contribution in [2.45, 2.75) is 0 Å². The summed E-state index contributed by atoms with van der Waals surface area (Å²) in [5.41, 5.74) is 6.45. The lowest BCUT2D eigenvalue weighted by molar-refractivity contribution is 0.878. The Kier molecular flexibility index (Phi) is 2.28. The first-order valence-corrected chi connectivity index (χ1v) is 6.36. The van der Waals surface area contributed by atoms with E-state index in [1.165, 1.54) is 11.3 Å². The van der Waals surface area contributed by atoms with Gasteiger partial charge in [-0.1, -0.05) is 11.3 Å². The molecule has 0 aliphatic heterocycles. The maximum absolute atomic E-state index is 5.56. The lowest BCUT2D eigenvalue weighted by atomic mass is 10.5. The molecule has 0 unspecified atom stereocenters. The van der Waals surface area contributed by atoms with Crippen LogP contribution in [-0.2, 0) is 0 Å². The molecule has 0 aromatic carbocycles. The van der Waals surface area contributed by atoms with Crippen LogP contribution in [0.2, 0.25) is 0 Å². The van der Waals surface area contributed by atoms with E-state index in [1.807, 2.05) is 12.1 Å². The number of anilines is 1. The minimum Gasteiger partial charge on any atom is -0.382 e. The van der Waals surface area contributed by atoms with Crippen LogP contribution >= 0.6 is 33.9 Å². The molecule has 0 aliphatic rings. The normalized spacial score (nSPS) is 11.1. The van der Waals surface area contributed by atoms with Crippen molar-refractivity contribution in [1.82, 2.24) is 19.7 Å². The molecule has 5 nitrogen and oxygen atoms in total. The van der Waals surface area contributed by atoms with Gasteiger partial charge >= 0.3 is 0 Å². The van der Waals surface area contributed by atoms with Gasteiger partial charge in [-0.05, 0) is 34.7 Å². The van der Waals surface area contributed by atoms with E-state index < -0.39 is 0 Å². The maximum atomic E-state index is 5.56. The number of rotatable bonds is 1. The molecular weight excluding hydrogens is 337 g/mol. The molecule has 7 heteroatoms. The van der Waals surface area contributed by atoms with E-state index in [0.717, 1.165) is 19.2 Å². The summed E-state index contributed by atoms with van der Waals surface area (Å²) in [5.74, 6) is 0.488. The second-order valence-electron chi connectivity index (χ2n) is 3.14. The van der Waals surface area contributed by atoms with Gasteiger partial charge in [0.05, 0.1) is 0 Å². The number of nitrogen functional groups attached to an aromatic ring is 1. The molecule has 2 N–H and O–H groups in total. The van der Waals surface area contributed by atoms with Crippen molar-refractivity contribution in [3.8, 4) is 5.13 Å². The third kappa shape index (κ3) is 1.65. The minimum atomic E-state index is 0.488. The topological polar surface area (TPSA) is 69.6 Å². The highest BCUT2D eigenvalue weighted by molar-refractivity contribution is 14.1. The molecule has 3 aromatic rings. The highest BCUT2D eigenvalue weighted by atomic mass is 127. The Morgan fingerprint density at radius 2 is 2.12 bits per heavy atom. The molecule has 0 bridgehead atoms.